The number of H-pyrrole nitrogens is 1. The van der Waals surface area contributed by atoms with Gasteiger partial charge in [0.15, 0.2) is 0 Å². The maximum absolute atomic E-state index is 12.7. The van der Waals surface area contributed by atoms with Gasteiger partial charge in [-0.15, -0.1) is 11.3 Å². The quantitative estimate of drug-likeness (QED) is 0.725. The zero-order chi connectivity index (χ0) is 18.8. The Kier molecular flexibility index (Phi) is 4.99. The van der Waals surface area contributed by atoms with Crippen molar-refractivity contribution in [2.45, 2.75) is 25.7 Å². The van der Waals surface area contributed by atoms with E-state index in [0.717, 1.165) is 58.9 Å². The van der Waals surface area contributed by atoms with E-state index in [9.17, 15) is 4.79 Å². The van der Waals surface area contributed by atoms with Gasteiger partial charge in [-0.2, -0.15) is 5.10 Å². The van der Waals surface area contributed by atoms with Gasteiger partial charge in [-0.25, -0.2) is 0 Å². The van der Waals surface area contributed by atoms with Crippen LogP contribution >= 0.6 is 11.3 Å². The van der Waals surface area contributed by atoms with Gasteiger partial charge in [-0.05, 0) is 54.5 Å². The van der Waals surface area contributed by atoms with E-state index >= 15 is 0 Å². The fraction of sp³-hybridized carbons (Fsp3) is 0.333. The standard InChI is InChI=1S/C21H23N3O2S/c1-14-8-11-27-20(14)21(25)24-9-6-15(7-10-24)19-18(13-22-23-19)16-4-3-5-17(12-16)26-2/h3-5,8,11-13,15H,6-7,9-10H2,1-2H3,(H,22,23). The molecule has 1 aliphatic rings. The van der Waals surface area contributed by atoms with E-state index in [1.165, 1.54) is 11.3 Å². The second-order valence-corrected chi connectivity index (χ2v) is 7.84. The molecule has 0 atom stereocenters. The number of carbonyl (C=O) groups excluding carboxylic acids is 1. The van der Waals surface area contributed by atoms with Crippen LogP contribution in [0, 0.1) is 6.92 Å². The average Bonchev–Trinajstić information content (AvgIpc) is 3.37. The molecule has 0 spiro atoms. The van der Waals surface area contributed by atoms with Gasteiger partial charge in [-0.3, -0.25) is 9.89 Å². The normalized spacial score (nSPS) is 15.1. The van der Waals surface area contributed by atoms with Crippen molar-refractivity contribution >= 4 is 17.2 Å². The highest BCUT2D eigenvalue weighted by Gasteiger charge is 2.28. The molecule has 1 fully saturated rings. The molecular weight excluding hydrogens is 358 g/mol. The Morgan fingerprint density at radius 2 is 2.11 bits per heavy atom. The van der Waals surface area contributed by atoms with Crippen molar-refractivity contribution < 1.29 is 9.53 Å². The third kappa shape index (κ3) is 3.49. The second-order valence-electron chi connectivity index (χ2n) is 6.93. The molecule has 0 radical (unpaired) electrons. The lowest BCUT2D eigenvalue weighted by atomic mass is 9.89. The molecule has 1 aromatic carbocycles. The Hall–Kier alpha value is -2.60. The van der Waals surface area contributed by atoms with Crippen molar-refractivity contribution in [2.24, 2.45) is 0 Å². The lowest BCUT2D eigenvalue weighted by Crippen LogP contribution is -2.38. The minimum atomic E-state index is 0.165. The number of nitrogens with zero attached hydrogens (tertiary/aromatic N) is 2. The Labute approximate surface area is 163 Å². The van der Waals surface area contributed by atoms with Gasteiger partial charge in [0.05, 0.1) is 18.2 Å². The predicted octanol–water partition coefficient (Wildman–Crippen LogP) is 4.48. The van der Waals surface area contributed by atoms with Gasteiger partial charge in [0.1, 0.15) is 5.75 Å². The Morgan fingerprint density at radius 1 is 1.30 bits per heavy atom. The summed E-state index contributed by atoms with van der Waals surface area (Å²) in [7, 11) is 1.68. The molecule has 5 nitrogen and oxygen atoms in total. The summed E-state index contributed by atoms with van der Waals surface area (Å²) in [5.41, 5.74) is 4.45. The summed E-state index contributed by atoms with van der Waals surface area (Å²) >= 11 is 1.53. The van der Waals surface area contributed by atoms with Crippen LogP contribution in [-0.4, -0.2) is 41.2 Å². The van der Waals surface area contributed by atoms with Crippen molar-refractivity contribution in [2.75, 3.05) is 20.2 Å². The zero-order valence-corrected chi connectivity index (χ0v) is 16.4. The van der Waals surface area contributed by atoms with Crippen LogP contribution in [0.15, 0.2) is 41.9 Å². The number of piperidine rings is 1. The van der Waals surface area contributed by atoms with Gasteiger partial charge in [0.2, 0.25) is 0 Å². The highest BCUT2D eigenvalue weighted by atomic mass is 32.1. The zero-order valence-electron chi connectivity index (χ0n) is 15.6. The first kappa shape index (κ1) is 17.8. The number of likely N-dealkylation sites (tertiary alicyclic amines) is 1. The lowest BCUT2D eigenvalue weighted by Gasteiger charge is -2.32. The molecule has 3 aromatic rings. The number of aryl methyl sites for hydroxylation is 1. The smallest absolute Gasteiger partial charge is 0.264 e. The molecule has 6 heteroatoms. The largest absolute Gasteiger partial charge is 0.497 e. The first-order chi connectivity index (χ1) is 13.2. The number of rotatable bonds is 4. The fourth-order valence-electron chi connectivity index (χ4n) is 3.73. The lowest BCUT2D eigenvalue weighted by molar-refractivity contribution is 0.0716. The first-order valence-electron chi connectivity index (χ1n) is 9.18. The van der Waals surface area contributed by atoms with Crippen LogP contribution in [0.2, 0.25) is 0 Å². The highest BCUT2D eigenvalue weighted by Crippen LogP contribution is 2.35. The SMILES string of the molecule is COc1cccc(-c2cn[nH]c2C2CCN(C(=O)c3sccc3C)CC2)c1. The molecule has 0 aliphatic carbocycles. The Morgan fingerprint density at radius 3 is 2.81 bits per heavy atom. The van der Waals surface area contributed by atoms with Gasteiger partial charge < -0.3 is 9.64 Å². The molecule has 3 heterocycles. The maximum Gasteiger partial charge on any atom is 0.264 e. The molecule has 1 amide bonds. The van der Waals surface area contributed by atoms with Crippen molar-refractivity contribution in [3.05, 3.63) is 58.0 Å². The summed E-state index contributed by atoms with van der Waals surface area (Å²) in [6, 6.07) is 10.1. The van der Waals surface area contributed by atoms with Crippen molar-refractivity contribution in [1.29, 1.82) is 0 Å². The van der Waals surface area contributed by atoms with Crippen LogP contribution in [0.25, 0.3) is 11.1 Å². The number of hydrogen-bond donors (Lipinski definition) is 1. The number of nitrogens with one attached hydrogen (secondary N) is 1. The van der Waals surface area contributed by atoms with Crippen LogP contribution in [0.4, 0.5) is 0 Å². The molecule has 1 saturated heterocycles. The van der Waals surface area contributed by atoms with Crippen LogP contribution in [0.5, 0.6) is 5.75 Å². The Bertz CT molecular complexity index is 938. The predicted molar refractivity (Wildman–Crippen MR) is 108 cm³/mol. The third-order valence-corrected chi connectivity index (χ3v) is 6.30. The summed E-state index contributed by atoms with van der Waals surface area (Å²) in [5, 5.41) is 9.48. The molecule has 1 N–H and O–H groups in total. The van der Waals surface area contributed by atoms with E-state index < -0.39 is 0 Å². The van der Waals surface area contributed by atoms with E-state index in [1.807, 2.05) is 47.7 Å². The summed E-state index contributed by atoms with van der Waals surface area (Å²) in [6.07, 6.45) is 3.77. The fourth-order valence-corrected chi connectivity index (χ4v) is 4.63. The van der Waals surface area contributed by atoms with Gasteiger partial charge in [-0.1, -0.05) is 12.1 Å². The average molecular weight is 382 g/mol. The summed E-state index contributed by atoms with van der Waals surface area (Å²) in [5.74, 6) is 1.38. The molecule has 27 heavy (non-hydrogen) atoms. The number of benzene rings is 1. The molecule has 2 aromatic heterocycles. The number of ether oxygens (including phenoxy) is 1. The van der Waals surface area contributed by atoms with Crippen LogP contribution in [-0.2, 0) is 0 Å². The molecule has 0 unspecified atom stereocenters. The molecule has 140 valence electrons. The molecule has 1 aliphatic heterocycles. The summed E-state index contributed by atoms with van der Waals surface area (Å²) in [6.45, 7) is 3.55. The van der Waals surface area contributed by atoms with Gasteiger partial charge in [0.25, 0.3) is 5.91 Å². The van der Waals surface area contributed by atoms with E-state index in [-0.39, 0.29) is 5.91 Å². The molecular formula is C21H23N3O2S. The van der Waals surface area contributed by atoms with E-state index in [4.69, 9.17) is 4.74 Å². The van der Waals surface area contributed by atoms with Crippen LogP contribution < -0.4 is 4.74 Å². The number of thiophene rings is 1. The first-order valence-corrected chi connectivity index (χ1v) is 10.1. The topological polar surface area (TPSA) is 58.2 Å². The van der Waals surface area contributed by atoms with E-state index in [0.29, 0.717) is 5.92 Å². The summed E-state index contributed by atoms with van der Waals surface area (Å²) in [4.78, 5) is 15.6. The minimum Gasteiger partial charge on any atom is -0.497 e. The highest BCUT2D eigenvalue weighted by molar-refractivity contribution is 7.12. The van der Waals surface area contributed by atoms with Crippen molar-refractivity contribution in [3.63, 3.8) is 0 Å². The molecule has 4 rings (SSSR count). The molecule has 0 saturated carbocycles. The van der Waals surface area contributed by atoms with Crippen LogP contribution in [0.1, 0.15) is 39.7 Å². The van der Waals surface area contributed by atoms with Gasteiger partial charge >= 0.3 is 0 Å². The number of aromatic amines is 1. The van der Waals surface area contributed by atoms with Crippen molar-refractivity contribution in [3.8, 4) is 16.9 Å². The van der Waals surface area contributed by atoms with Gasteiger partial charge in [0, 0.05) is 30.3 Å². The monoisotopic (exact) mass is 381 g/mol. The number of aromatic nitrogens is 2. The second kappa shape index (κ2) is 7.56. The number of amides is 1. The number of hydrogen-bond acceptors (Lipinski definition) is 4. The summed E-state index contributed by atoms with van der Waals surface area (Å²) < 4.78 is 5.35. The van der Waals surface area contributed by atoms with E-state index in [1.54, 1.807) is 7.11 Å². The Balaban J connectivity index is 1.49. The number of methoxy groups -OCH3 is 1. The minimum absolute atomic E-state index is 0.165. The number of carbonyl (C=O) groups is 1. The third-order valence-electron chi connectivity index (χ3n) is 5.30. The van der Waals surface area contributed by atoms with E-state index in [2.05, 4.69) is 16.3 Å². The van der Waals surface area contributed by atoms with Crippen molar-refractivity contribution in [1.82, 2.24) is 15.1 Å². The maximum atomic E-state index is 12.7. The van der Waals surface area contributed by atoms with Crippen LogP contribution in [0.3, 0.4) is 0 Å². The molecule has 0 bridgehead atoms.